The van der Waals surface area contributed by atoms with Crippen molar-refractivity contribution in [3.63, 3.8) is 0 Å². The summed E-state index contributed by atoms with van der Waals surface area (Å²) in [6.07, 6.45) is 0. The van der Waals surface area contributed by atoms with Gasteiger partial charge in [0.15, 0.2) is 11.6 Å². The summed E-state index contributed by atoms with van der Waals surface area (Å²) in [5.41, 5.74) is -0.724. The van der Waals surface area contributed by atoms with Gasteiger partial charge in [-0.15, -0.1) is 0 Å². The lowest BCUT2D eigenvalue weighted by Gasteiger charge is -2.11. The quantitative estimate of drug-likeness (QED) is 0.272. The number of hydrogen-bond donors (Lipinski definition) is 1. The van der Waals surface area contributed by atoms with E-state index in [1.54, 1.807) is 18.2 Å². The number of ether oxygens (including phenoxy) is 1. The summed E-state index contributed by atoms with van der Waals surface area (Å²) in [7, 11) is -4.28. The first kappa shape index (κ1) is 20.9. The van der Waals surface area contributed by atoms with Crippen LogP contribution < -0.4 is 9.46 Å². The zero-order valence-corrected chi connectivity index (χ0v) is 15.7. The Morgan fingerprint density at radius 3 is 2.07 bits per heavy atom. The Bertz CT molecular complexity index is 1190. The second-order valence-corrected chi connectivity index (χ2v) is 7.56. The number of halogens is 2. The highest BCUT2D eigenvalue weighted by molar-refractivity contribution is 7.92. The molecule has 3 aromatic rings. The highest BCUT2D eigenvalue weighted by Crippen LogP contribution is 2.28. The van der Waals surface area contributed by atoms with Crippen LogP contribution in [0.25, 0.3) is 0 Å². The van der Waals surface area contributed by atoms with E-state index >= 15 is 0 Å². The number of rotatable bonds is 6. The lowest BCUT2D eigenvalue weighted by Crippen LogP contribution is -2.14. The van der Waals surface area contributed by atoms with E-state index in [1.165, 1.54) is 12.1 Å². The molecule has 1 N–H and O–H groups in total. The maximum Gasteiger partial charge on any atom is 0.343 e. The van der Waals surface area contributed by atoms with Crippen molar-refractivity contribution < 1.29 is 31.7 Å². The summed E-state index contributed by atoms with van der Waals surface area (Å²) >= 11 is 0. The van der Waals surface area contributed by atoms with Gasteiger partial charge in [-0.05, 0) is 24.3 Å². The first-order valence-electron chi connectivity index (χ1n) is 8.21. The number of nitrogens with zero attached hydrogens (tertiary/aromatic N) is 1. The summed E-state index contributed by atoms with van der Waals surface area (Å²) in [4.78, 5) is 21.6. The van der Waals surface area contributed by atoms with Crippen LogP contribution in [0.3, 0.4) is 0 Å². The van der Waals surface area contributed by atoms with Crippen LogP contribution in [0.5, 0.6) is 5.75 Å². The van der Waals surface area contributed by atoms with Gasteiger partial charge in [0.25, 0.3) is 15.7 Å². The number of nitro groups is 1. The van der Waals surface area contributed by atoms with Crippen molar-refractivity contribution in [1.29, 1.82) is 0 Å². The van der Waals surface area contributed by atoms with Crippen molar-refractivity contribution in [3.8, 4) is 5.75 Å². The molecule has 0 atom stereocenters. The van der Waals surface area contributed by atoms with Gasteiger partial charge in [-0.3, -0.25) is 14.8 Å². The molecule has 3 aromatic carbocycles. The van der Waals surface area contributed by atoms with Crippen molar-refractivity contribution in [2.24, 2.45) is 0 Å². The van der Waals surface area contributed by atoms with Gasteiger partial charge in [0.1, 0.15) is 0 Å². The molecule has 0 saturated heterocycles. The molecule has 3 rings (SSSR count). The zero-order chi connectivity index (χ0) is 21.9. The van der Waals surface area contributed by atoms with Crippen LogP contribution >= 0.6 is 0 Å². The highest BCUT2D eigenvalue weighted by atomic mass is 32.2. The highest BCUT2D eigenvalue weighted by Gasteiger charge is 2.21. The average Bonchev–Trinajstić information content (AvgIpc) is 2.71. The number of hydrogen-bond acceptors (Lipinski definition) is 6. The van der Waals surface area contributed by atoms with Crippen molar-refractivity contribution >= 4 is 27.4 Å². The fraction of sp³-hybridized carbons (Fsp3) is 0. The van der Waals surface area contributed by atoms with E-state index in [2.05, 4.69) is 0 Å². The Labute approximate surface area is 168 Å². The molecule has 0 radical (unpaired) electrons. The fourth-order valence-electron chi connectivity index (χ4n) is 2.40. The molecule has 154 valence electrons. The Balaban J connectivity index is 1.82. The van der Waals surface area contributed by atoms with Gasteiger partial charge in [-0.1, -0.05) is 18.2 Å². The van der Waals surface area contributed by atoms with E-state index in [-0.39, 0.29) is 16.1 Å². The minimum absolute atomic E-state index is 0.0688. The molecule has 8 nitrogen and oxygen atoms in total. The van der Waals surface area contributed by atoms with Crippen LogP contribution in [0.4, 0.5) is 20.2 Å². The fourth-order valence-corrected chi connectivity index (χ4v) is 3.44. The summed E-state index contributed by atoms with van der Waals surface area (Å²) in [5, 5.41) is 10.6. The van der Waals surface area contributed by atoms with Gasteiger partial charge in [-0.2, -0.15) is 0 Å². The van der Waals surface area contributed by atoms with Gasteiger partial charge >= 0.3 is 5.97 Å². The minimum Gasteiger partial charge on any atom is -0.417 e. The van der Waals surface area contributed by atoms with E-state index in [4.69, 9.17) is 4.74 Å². The number of carbonyl (C=O) groups is 1. The third-order valence-electron chi connectivity index (χ3n) is 3.81. The average molecular weight is 434 g/mol. The molecule has 0 amide bonds. The molecular formula is C19H12F2N2O6S. The maximum atomic E-state index is 14.3. The predicted molar refractivity (Wildman–Crippen MR) is 102 cm³/mol. The predicted octanol–water partition coefficient (Wildman–Crippen LogP) is 3.89. The number of sulfonamides is 1. The second kappa shape index (κ2) is 8.25. The topological polar surface area (TPSA) is 116 Å². The second-order valence-electron chi connectivity index (χ2n) is 5.88. The Hall–Kier alpha value is -3.86. The molecule has 0 aliphatic carbocycles. The first-order valence-corrected chi connectivity index (χ1v) is 9.69. The van der Waals surface area contributed by atoms with Crippen LogP contribution in [0, 0.1) is 21.7 Å². The number of anilines is 1. The number of benzene rings is 3. The standard InChI is InChI=1S/C19H12F2N2O6S/c20-16-10-13(22-30(27,28)15-8-6-14(7-9-15)23(25)26)11-17(21)18(16)29-19(24)12-4-2-1-3-5-12/h1-11,22H. The van der Waals surface area contributed by atoms with Crippen molar-refractivity contribution in [3.05, 3.63) is 94.0 Å². The molecule has 0 saturated carbocycles. The third-order valence-corrected chi connectivity index (χ3v) is 5.21. The van der Waals surface area contributed by atoms with Crippen molar-refractivity contribution in [2.45, 2.75) is 4.90 Å². The monoisotopic (exact) mass is 434 g/mol. The molecular weight excluding hydrogens is 422 g/mol. The van der Waals surface area contributed by atoms with E-state index in [0.717, 1.165) is 24.3 Å². The van der Waals surface area contributed by atoms with Crippen molar-refractivity contribution in [1.82, 2.24) is 0 Å². The van der Waals surface area contributed by atoms with E-state index < -0.39 is 44.0 Å². The normalized spacial score (nSPS) is 11.0. The molecule has 11 heteroatoms. The molecule has 0 bridgehead atoms. The number of esters is 1. The van der Waals surface area contributed by atoms with Gasteiger partial charge in [0.05, 0.1) is 21.1 Å². The van der Waals surface area contributed by atoms with E-state index in [0.29, 0.717) is 12.1 Å². The van der Waals surface area contributed by atoms with Crippen LogP contribution in [0.2, 0.25) is 0 Å². The van der Waals surface area contributed by atoms with Gasteiger partial charge in [0.2, 0.25) is 5.75 Å². The molecule has 0 spiro atoms. The number of nitro benzene ring substituents is 1. The van der Waals surface area contributed by atoms with E-state index in [9.17, 15) is 32.1 Å². The summed E-state index contributed by atoms with van der Waals surface area (Å²) in [5.74, 6) is -4.59. The SMILES string of the molecule is O=C(Oc1c(F)cc(NS(=O)(=O)c2ccc([N+](=O)[O-])cc2)cc1F)c1ccccc1. The van der Waals surface area contributed by atoms with Gasteiger partial charge < -0.3 is 4.74 Å². The molecule has 0 fully saturated rings. The molecule has 30 heavy (non-hydrogen) atoms. The Kier molecular flexibility index (Phi) is 5.74. The molecule has 0 unspecified atom stereocenters. The molecule has 0 aliphatic heterocycles. The molecule has 0 aliphatic rings. The van der Waals surface area contributed by atoms with Gasteiger partial charge in [-0.25, -0.2) is 22.0 Å². The maximum absolute atomic E-state index is 14.3. The smallest absolute Gasteiger partial charge is 0.343 e. The number of nitrogens with one attached hydrogen (secondary N) is 1. The molecule has 0 heterocycles. The molecule has 0 aromatic heterocycles. The van der Waals surface area contributed by atoms with E-state index in [1.807, 2.05) is 4.72 Å². The van der Waals surface area contributed by atoms with Crippen LogP contribution in [0.1, 0.15) is 10.4 Å². The van der Waals surface area contributed by atoms with Crippen molar-refractivity contribution in [2.75, 3.05) is 4.72 Å². The van der Waals surface area contributed by atoms with Gasteiger partial charge in [0, 0.05) is 24.3 Å². The zero-order valence-electron chi connectivity index (χ0n) is 14.9. The largest absolute Gasteiger partial charge is 0.417 e. The Morgan fingerprint density at radius 1 is 0.967 bits per heavy atom. The summed E-state index contributed by atoms with van der Waals surface area (Å²) in [6, 6.07) is 12.7. The summed E-state index contributed by atoms with van der Waals surface area (Å²) in [6.45, 7) is 0. The number of non-ortho nitro benzene ring substituents is 1. The minimum atomic E-state index is -4.28. The Morgan fingerprint density at radius 2 is 1.53 bits per heavy atom. The van der Waals surface area contributed by atoms with Crippen LogP contribution in [0.15, 0.2) is 71.6 Å². The first-order chi connectivity index (χ1) is 14.2. The summed E-state index contributed by atoms with van der Waals surface area (Å²) < 4.78 is 59.9. The third kappa shape index (κ3) is 4.58. The number of carbonyl (C=O) groups excluding carboxylic acids is 1. The van der Waals surface area contributed by atoms with Crippen LogP contribution in [-0.2, 0) is 10.0 Å². The van der Waals surface area contributed by atoms with Crippen LogP contribution in [-0.4, -0.2) is 19.3 Å². The lowest BCUT2D eigenvalue weighted by molar-refractivity contribution is -0.384. The lowest BCUT2D eigenvalue weighted by atomic mass is 10.2.